The van der Waals surface area contributed by atoms with Gasteiger partial charge in [0.05, 0.1) is 0 Å². The number of carbonyl (C=O) groups excluding carboxylic acids is 1. The number of rotatable bonds is 9. The summed E-state index contributed by atoms with van der Waals surface area (Å²) in [5, 5.41) is 2.62. The maximum absolute atomic E-state index is 12.8. The Kier molecular flexibility index (Phi) is 6.35. The van der Waals surface area contributed by atoms with Crippen LogP contribution in [0.15, 0.2) is 48.8 Å². The lowest BCUT2D eigenvalue weighted by Crippen LogP contribution is -2.47. The van der Waals surface area contributed by atoms with Crippen molar-refractivity contribution in [2.75, 3.05) is 36.6 Å². The number of H-pyrrole nitrogens is 1. The van der Waals surface area contributed by atoms with Gasteiger partial charge in [-0.3, -0.25) is 9.80 Å². The minimum Gasteiger partial charge on any atom is -0.346 e. The van der Waals surface area contributed by atoms with E-state index in [1.54, 1.807) is 23.2 Å². The van der Waals surface area contributed by atoms with E-state index < -0.39 is 0 Å². The lowest BCUT2D eigenvalue weighted by molar-refractivity contribution is -0.117. The average Bonchev–Trinajstić information content (AvgIpc) is 3.18. The average molecular weight is 367 g/mol. The molecule has 0 spiro atoms. The van der Waals surface area contributed by atoms with E-state index in [9.17, 15) is 4.79 Å². The van der Waals surface area contributed by atoms with E-state index in [2.05, 4.69) is 20.4 Å². The van der Waals surface area contributed by atoms with Crippen LogP contribution in [0.5, 0.6) is 0 Å². The smallest absolute Gasteiger partial charge is 0.248 e. The van der Waals surface area contributed by atoms with Crippen LogP contribution in [0.1, 0.15) is 12.8 Å². The summed E-state index contributed by atoms with van der Waals surface area (Å²) in [4.78, 5) is 26.4. The molecule has 0 fully saturated rings. The zero-order valence-corrected chi connectivity index (χ0v) is 15.4. The number of hydrogen-bond donors (Lipinski definition) is 3. The summed E-state index contributed by atoms with van der Waals surface area (Å²) >= 11 is 0. The van der Waals surface area contributed by atoms with Gasteiger partial charge in [0.2, 0.25) is 11.9 Å². The number of nitrogens with one attached hydrogen (secondary N) is 2. The number of fused-ring (bicyclic) bond motifs is 1. The number of hydrazine groups is 1. The molecule has 4 N–H and O–H groups in total. The number of hydrogen-bond acceptors (Lipinski definition) is 6. The Balaban J connectivity index is 1.75. The van der Waals surface area contributed by atoms with Gasteiger partial charge in [-0.05, 0) is 37.6 Å². The van der Waals surface area contributed by atoms with Crippen molar-refractivity contribution in [2.24, 2.45) is 5.73 Å². The van der Waals surface area contributed by atoms with Crippen LogP contribution in [0.4, 0.5) is 11.6 Å². The summed E-state index contributed by atoms with van der Waals surface area (Å²) in [7, 11) is 1.76. The zero-order chi connectivity index (χ0) is 19.1. The number of aromatic amines is 1. The van der Waals surface area contributed by atoms with Gasteiger partial charge in [0, 0.05) is 37.1 Å². The second-order valence-corrected chi connectivity index (χ2v) is 6.23. The van der Waals surface area contributed by atoms with Gasteiger partial charge in [0.1, 0.15) is 12.2 Å². The highest BCUT2D eigenvalue weighted by Gasteiger charge is 2.18. The summed E-state index contributed by atoms with van der Waals surface area (Å²) in [6.45, 7) is 1.44. The van der Waals surface area contributed by atoms with Crippen molar-refractivity contribution < 1.29 is 4.79 Å². The predicted molar refractivity (Wildman–Crippen MR) is 107 cm³/mol. The highest BCUT2D eigenvalue weighted by molar-refractivity contribution is 5.95. The van der Waals surface area contributed by atoms with E-state index >= 15 is 0 Å². The third-order valence-corrected chi connectivity index (χ3v) is 4.27. The van der Waals surface area contributed by atoms with Crippen LogP contribution in [0, 0.1) is 0 Å². The quantitative estimate of drug-likeness (QED) is 0.393. The molecular weight excluding hydrogens is 342 g/mol. The first-order valence-corrected chi connectivity index (χ1v) is 9.02. The number of likely N-dealkylation sites (N-methyl/N-ethyl adjacent to an activating group) is 1. The van der Waals surface area contributed by atoms with Crippen molar-refractivity contribution in [1.82, 2.24) is 20.4 Å². The monoisotopic (exact) mass is 367 g/mol. The van der Waals surface area contributed by atoms with E-state index in [1.807, 2.05) is 42.6 Å². The Morgan fingerprint density at radius 3 is 2.81 bits per heavy atom. The summed E-state index contributed by atoms with van der Waals surface area (Å²) in [5.74, 6) is 0.384. The van der Waals surface area contributed by atoms with Gasteiger partial charge < -0.3 is 15.6 Å². The minimum absolute atomic E-state index is 0.0669. The van der Waals surface area contributed by atoms with Gasteiger partial charge >= 0.3 is 0 Å². The topological polar surface area (TPSA) is 103 Å². The molecule has 3 rings (SSSR count). The highest BCUT2D eigenvalue weighted by atomic mass is 16.2. The molecule has 0 saturated heterocycles. The van der Waals surface area contributed by atoms with E-state index in [0.717, 1.165) is 29.6 Å². The third-order valence-electron chi connectivity index (χ3n) is 4.27. The molecular formula is C19H25N7O. The lowest BCUT2D eigenvalue weighted by Gasteiger charge is -2.26. The van der Waals surface area contributed by atoms with Crippen LogP contribution in [-0.4, -0.2) is 47.5 Å². The molecule has 8 heteroatoms. The largest absolute Gasteiger partial charge is 0.346 e. The van der Waals surface area contributed by atoms with Gasteiger partial charge in [-0.15, -0.1) is 0 Å². The van der Waals surface area contributed by atoms with Crippen LogP contribution in [0.25, 0.3) is 11.0 Å². The molecule has 142 valence electrons. The summed E-state index contributed by atoms with van der Waals surface area (Å²) in [6, 6.07) is 11.4. The first kappa shape index (κ1) is 18.8. The van der Waals surface area contributed by atoms with Gasteiger partial charge in [0.15, 0.2) is 0 Å². The fraction of sp³-hybridized carbons (Fsp3) is 0.316. The van der Waals surface area contributed by atoms with Crippen molar-refractivity contribution in [2.45, 2.75) is 12.8 Å². The number of para-hydroxylation sites is 1. The molecule has 3 aromatic rings. The molecule has 0 aliphatic heterocycles. The number of benzene rings is 1. The van der Waals surface area contributed by atoms with Crippen molar-refractivity contribution in [3.05, 3.63) is 48.8 Å². The van der Waals surface area contributed by atoms with Crippen LogP contribution >= 0.6 is 0 Å². The zero-order valence-electron chi connectivity index (χ0n) is 15.4. The van der Waals surface area contributed by atoms with E-state index in [0.29, 0.717) is 19.0 Å². The first-order chi connectivity index (χ1) is 13.2. The number of nitrogens with two attached hydrogens (primary N) is 1. The van der Waals surface area contributed by atoms with Gasteiger partial charge in [-0.25, -0.2) is 10.4 Å². The molecule has 2 aromatic heterocycles. The molecule has 2 heterocycles. The Bertz CT molecular complexity index is 865. The molecule has 8 nitrogen and oxygen atoms in total. The highest BCUT2D eigenvalue weighted by Crippen LogP contribution is 2.15. The maximum Gasteiger partial charge on any atom is 0.248 e. The Morgan fingerprint density at radius 1 is 1.22 bits per heavy atom. The van der Waals surface area contributed by atoms with Gasteiger partial charge in [-0.1, -0.05) is 18.2 Å². The first-order valence-electron chi connectivity index (χ1n) is 9.02. The standard InChI is InChI=1S/C19H25N7O/c1-25(16-7-3-2-4-8-16)17(27)14-26(23-11-6-5-10-20)19-22-13-15-9-12-21-18(15)24-19/h2-4,7-9,12-13,23H,5-6,10-11,14,20H2,1H3,(H,21,22,24). The van der Waals surface area contributed by atoms with Crippen molar-refractivity contribution >= 4 is 28.6 Å². The van der Waals surface area contributed by atoms with Crippen molar-refractivity contribution in [3.8, 4) is 0 Å². The molecule has 1 amide bonds. The van der Waals surface area contributed by atoms with Crippen LogP contribution < -0.4 is 21.1 Å². The predicted octanol–water partition coefficient (Wildman–Crippen LogP) is 1.67. The normalized spacial score (nSPS) is 10.9. The second kappa shape index (κ2) is 9.11. The molecule has 0 saturated carbocycles. The van der Waals surface area contributed by atoms with Crippen molar-refractivity contribution in [1.29, 1.82) is 0 Å². The number of aromatic nitrogens is 3. The van der Waals surface area contributed by atoms with Gasteiger partial charge in [0.25, 0.3) is 0 Å². The Morgan fingerprint density at radius 2 is 2.04 bits per heavy atom. The van der Waals surface area contributed by atoms with E-state index in [-0.39, 0.29) is 12.5 Å². The van der Waals surface area contributed by atoms with Gasteiger partial charge in [-0.2, -0.15) is 4.98 Å². The Labute approximate surface area is 158 Å². The van der Waals surface area contributed by atoms with Crippen molar-refractivity contribution in [3.63, 3.8) is 0 Å². The van der Waals surface area contributed by atoms with E-state index in [4.69, 9.17) is 5.73 Å². The molecule has 0 atom stereocenters. The fourth-order valence-electron chi connectivity index (χ4n) is 2.68. The second-order valence-electron chi connectivity index (χ2n) is 6.23. The van der Waals surface area contributed by atoms with Crippen LogP contribution in [0.3, 0.4) is 0 Å². The third kappa shape index (κ3) is 4.81. The molecule has 1 aromatic carbocycles. The molecule has 0 radical (unpaired) electrons. The summed E-state index contributed by atoms with van der Waals surface area (Å²) in [6.07, 6.45) is 5.38. The lowest BCUT2D eigenvalue weighted by atomic mass is 10.3. The number of amides is 1. The maximum atomic E-state index is 12.8. The number of nitrogens with zero attached hydrogens (tertiary/aromatic N) is 4. The fourth-order valence-corrected chi connectivity index (χ4v) is 2.68. The molecule has 0 aliphatic rings. The Hall–Kier alpha value is -2.97. The molecule has 0 unspecified atom stereocenters. The van der Waals surface area contributed by atoms with Crippen LogP contribution in [0.2, 0.25) is 0 Å². The SMILES string of the molecule is CN(C(=O)CN(NCCCCN)c1ncc2cc[nH]c2n1)c1ccccc1. The number of unbranched alkanes of at least 4 members (excludes halogenated alkanes) is 1. The molecule has 0 aliphatic carbocycles. The summed E-state index contributed by atoms with van der Waals surface area (Å²) < 4.78 is 0. The molecule has 27 heavy (non-hydrogen) atoms. The minimum atomic E-state index is -0.0669. The van der Waals surface area contributed by atoms with E-state index in [1.165, 1.54) is 0 Å². The number of carbonyl (C=O) groups is 1. The molecule has 0 bridgehead atoms. The number of anilines is 2. The van der Waals surface area contributed by atoms with Crippen LogP contribution in [-0.2, 0) is 4.79 Å². The summed E-state index contributed by atoms with van der Waals surface area (Å²) in [5.41, 5.74) is 10.4.